The fraction of sp³-hybridized carbons (Fsp3) is 0.360. The molecule has 0 saturated carbocycles. The van der Waals surface area contributed by atoms with E-state index in [0.717, 1.165) is 16.8 Å². The lowest BCUT2D eigenvalue weighted by Gasteiger charge is -2.44. The average molecular weight is 418 g/mol. The number of aromatic hydroxyl groups is 1. The number of carbonyl (C=O) groups is 2. The van der Waals surface area contributed by atoms with Crippen molar-refractivity contribution in [2.45, 2.75) is 50.4 Å². The van der Waals surface area contributed by atoms with Crippen LogP contribution in [-0.4, -0.2) is 40.1 Å². The number of nitrogens with one attached hydrogen (secondary N) is 2. The molecule has 2 saturated heterocycles. The first-order chi connectivity index (χ1) is 14.8. The van der Waals surface area contributed by atoms with Gasteiger partial charge in [0.05, 0.1) is 0 Å². The van der Waals surface area contributed by atoms with Crippen molar-refractivity contribution >= 4 is 17.5 Å². The zero-order valence-corrected chi connectivity index (χ0v) is 17.8. The van der Waals surface area contributed by atoms with Gasteiger partial charge in [0.15, 0.2) is 0 Å². The summed E-state index contributed by atoms with van der Waals surface area (Å²) in [7, 11) is 0. The van der Waals surface area contributed by atoms with Crippen molar-refractivity contribution in [1.82, 2.24) is 10.2 Å². The standard InChI is InChI=1S/C25H27N3O3/c1-4-24(2,3)25-14-20-21(30)26-19(13-15-9-11-16(29)12-10-15)22(31)28(20)23(25)27-18-8-6-5-7-17(18)25/h4-12,19-20,23,27,29H,1,13-14H2,2-3H3,(H,26,30)/t19-,20-,23+,25-/m0/s1. The number of hydrogen-bond donors (Lipinski definition) is 3. The first kappa shape index (κ1) is 19.7. The Morgan fingerprint density at radius 3 is 2.58 bits per heavy atom. The number of phenolic OH excluding ortho intramolecular Hbond substituents is 1. The first-order valence-electron chi connectivity index (χ1n) is 10.7. The van der Waals surface area contributed by atoms with Gasteiger partial charge in [-0.05, 0) is 41.2 Å². The monoisotopic (exact) mass is 417 g/mol. The highest BCUT2D eigenvalue weighted by atomic mass is 16.3. The first-order valence-corrected chi connectivity index (χ1v) is 10.7. The van der Waals surface area contributed by atoms with Gasteiger partial charge in [0, 0.05) is 17.5 Å². The molecule has 2 aromatic rings. The topological polar surface area (TPSA) is 81.7 Å². The smallest absolute Gasteiger partial charge is 0.247 e. The molecule has 2 aromatic carbocycles. The number of rotatable bonds is 4. The molecule has 0 aliphatic carbocycles. The van der Waals surface area contributed by atoms with E-state index in [-0.39, 0.29) is 29.1 Å². The number of nitrogens with zero attached hydrogens (tertiary/aromatic N) is 1. The number of benzene rings is 2. The van der Waals surface area contributed by atoms with Gasteiger partial charge in [-0.25, -0.2) is 0 Å². The van der Waals surface area contributed by atoms with Crippen molar-refractivity contribution in [3.05, 3.63) is 72.3 Å². The lowest BCUT2D eigenvalue weighted by atomic mass is 9.60. The third-order valence-corrected chi connectivity index (χ3v) is 7.50. The third-order valence-electron chi connectivity index (χ3n) is 7.50. The van der Waals surface area contributed by atoms with Crippen LogP contribution in [0.5, 0.6) is 5.75 Å². The molecule has 0 radical (unpaired) electrons. The van der Waals surface area contributed by atoms with E-state index in [1.807, 2.05) is 24.3 Å². The molecule has 0 unspecified atom stereocenters. The van der Waals surface area contributed by atoms with Gasteiger partial charge in [0.2, 0.25) is 11.8 Å². The maximum absolute atomic E-state index is 13.7. The van der Waals surface area contributed by atoms with Crippen LogP contribution >= 0.6 is 0 Å². The minimum Gasteiger partial charge on any atom is -0.508 e. The van der Waals surface area contributed by atoms with Gasteiger partial charge in [-0.1, -0.05) is 50.3 Å². The van der Waals surface area contributed by atoms with E-state index >= 15 is 0 Å². The molecule has 6 nitrogen and oxygen atoms in total. The molecular formula is C25H27N3O3. The second-order valence-corrected chi connectivity index (χ2v) is 9.39. The summed E-state index contributed by atoms with van der Waals surface area (Å²) in [5, 5.41) is 16.1. The van der Waals surface area contributed by atoms with Crippen molar-refractivity contribution in [3.63, 3.8) is 0 Å². The highest BCUT2D eigenvalue weighted by Crippen LogP contribution is 2.60. The fourth-order valence-electron chi connectivity index (χ4n) is 5.69. The predicted octanol–water partition coefficient (Wildman–Crippen LogP) is 2.94. The molecule has 160 valence electrons. The van der Waals surface area contributed by atoms with E-state index in [1.54, 1.807) is 29.2 Å². The SMILES string of the molecule is C=CC(C)(C)[C@]12C[C@H]3C(=O)N[C@@H](Cc4ccc(O)cc4)C(=O)N3[C@H]1Nc1ccccc12. The Balaban J connectivity index is 1.55. The van der Waals surface area contributed by atoms with E-state index in [0.29, 0.717) is 12.8 Å². The minimum absolute atomic E-state index is 0.0790. The number of phenols is 1. The van der Waals surface area contributed by atoms with Crippen LogP contribution in [0.1, 0.15) is 31.4 Å². The largest absolute Gasteiger partial charge is 0.508 e. The Kier molecular flexibility index (Phi) is 4.19. The number of fused-ring (bicyclic) bond motifs is 5. The van der Waals surface area contributed by atoms with Crippen LogP contribution in [0.25, 0.3) is 0 Å². The molecule has 2 amide bonds. The van der Waals surface area contributed by atoms with Gasteiger partial charge in [0.1, 0.15) is 24.0 Å². The van der Waals surface area contributed by atoms with Crippen molar-refractivity contribution in [2.24, 2.45) is 5.41 Å². The summed E-state index contributed by atoms with van der Waals surface area (Å²) in [5.41, 5.74) is 2.23. The van der Waals surface area contributed by atoms with Crippen LogP contribution < -0.4 is 10.6 Å². The maximum Gasteiger partial charge on any atom is 0.247 e. The van der Waals surface area contributed by atoms with Crippen molar-refractivity contribution in [3.8, 4) is 5.75 Å². The van der Waals surface area contributed by atoms with E-state index < -0.39 is 17.5 Å². The van der Waals surface area contributed by atoms with Gasteiger partial charge >= 0.3 is 0 Å². The van der Waals surface area contributed by atoms with Gasteiger partial charge in [-0.3, -0.25) is 9.59 Å². The Morgan fingerprint density at radius 2 is 1.87 bits per heavy atom. The lowest BCUT2D eigenvalue weighted by Crippen LogP contribution is -2.64. The molecule has 4 atom stereocenters. The molecular weight excluding hydrogens is 390 g/mol. The quantitative estimate of drug-likeness (QED) is 0.668. The zero-order chi connectivity index (χ0) is 22.0. The Morgan fingerprint density at radius 1 is 1.16 bits per heavy atom. The number of amides is 2. The summed E-state index contributed by atoms with van der Waals surface area (Å²) in [6.07, 6.45) is 2.55. The van der Waals surface area contributed by atoms with Crippen LogP contribution in [0.4, 0.5) is 5.69 Å². The average Bonchev–Trinajstić information content (AvgIpc) is 3.27. The summed E-state index contributed by atoms with van der Waals surface area (Å²) >= 11 is 0. The second-order valence-electron chi connectivity index (χ2n) is 9.39. The van der Waals surface area contributed by atoms with Crippen molar-refractivity contribution in [1.29, 1.82) is 0 Å². The minimum atomic E-state index is -0.638. The van der Waals surface area contributed by atoms with Gasteiger partial charge in [-0.15, -0.1) is 6.58 Å². The number of piperazine rings is 1. The molecule has 3 aliphatic heterocycles. The highest BCUT2D eigenvalue weighted by molar-refractivity contribution is 5.99. The molecule has 6 heteroatoms. The second kappa shape index (κ2) is 6.61. The number of hydrogen-bond acceptors (Lipinski definition) is 4. The molecule has 0 spiro atoms. The van der Waals surface area contributed by atoms with Gasteiger partial charge < -0.3 is 20.6 Å². The van der Waals surface area contributed by atoms with Crippen LogP contribution in [0.2, 0.25) is 0 Å². The molecule has 0 aromatic heterocycles. The van der Waals surface area contributed by atoms with Crippen LogP contribution in [0.3, 0.4) is 0 Å². The number of carbonyl (C=O) groups excluding carboxylic acids is 2. The number of anilines is 1. The Labute approximate surface area is 182 Å². The maximum atomic E-state index is 13.7. The van der Waals surface area contributed by atoms with Crippen molar-refractivity contribution in [2.75, 3.05) is 5.32 Å². The highest BCUT2D eigenvalue weighted by Gasteiger charge is 2.67. The number of allylic oxidation sites excluding steroid dienone is 1. The summed E-state index contributed by atoms with van der Waals surface area (Å²) in [6, 6.07) is 13.7. The van der Waals surface area contributed by atoms with Crippen molar-refractivity contribution < 1.29 is 14.7 Å². The molecule has 5 rings (SSSR count). The van der Waals surface area contributed by atoms with E-state index in [1.165, 1.54) is 0 Å². The van der Waals surface area contributed by atoms with E-state index in [9.17, 15) is 14.7 Å². The predicted molar refractivity (Wildman–Crippen MR) is 119 cm³/mol. The van der Waals surface area contributed by atoms with Gasteiger partial charge in [-0.2, -0.15) is 0 Å². The molecule has 2 fully saturated rings. The number of para-hydroxylation sites is 1. The van der Waals surface area contributed by atoms with E-state index in [4.69, 9.17) is 0 Å². The van der Waals surface area contributed by atoms with Crippen LogP contribution in [-0.2, 0) is 21.4 Å². The van der Waals surface area contributed by atoms with Crippen LogP contribution in [0, 0.1) is 5.41 Å². The molecule has 31 heavy (non-hydrogen) atoms. The summed E-state index contributed by atoms with van der Waals surface area (Å²) < 4.78 is 0. The summed E-state index contributed by atoms with van der Waals surface area (Å²) in [4.78, 5) is 28.6. The molecule has 0 bridgehead atoms. The van der Waals surface area contributed by atoms with Crippen LogP contribution in [0.15, 0.2) is 61.2 Å². The Bertz CT molecular complexity index is 1080. The summed E-state index contributed by atoms with van der Waals surface area (Å²) in [6.45, 7) is 8.35. The fourth-order valence-corrected chi connectivity index (χ4v) is 5.69. The molecule has 3 aliphatic rings. The normalized spacial score (nSPS) is 29.0. The Hall–Kier alpha value is -3.28. The molecule has 3 heterocycles. The van der Waals surface area contributed by atoms with Gasteiger partial charge in [0.25, 0.3) is 0 Å². The molecule has 3 N–H and O–H groups in total. The third kappa shape index (κ3) is 2.63. The summed E-state index contributed by atoms with van der Waals surface area (Å²) in [5.74, 6) is -0.0206. The lowest BCUT2D eigenvalue weighted by molar-refractivity contribution is -0.148. The van der Waals surface area contributed by atoms with E-state index in [2.05, 4.69) is 37.1 Å². The zero-order valence-electron chi connectivity index (χ0n) is 17.8.